The molecule has 124 valence electrons. The van der Waals surface area contributed by atoms with E-state index >= 15 is 0 Å². The molecule has 0 aliphatic carbocycles. The number of furan rings is 1. The Morgan fingerprint density at radius 3 is 2.42 bits per heavy atom. The summed E-state index contributed by atoms with van der Waals surface area (Å²) in [5.74, 6) is 2.13. The molecule has 1 N–H and O–H groups in total. The van der Waals surface area contributed by atoms with Gasteiger partial charge >= 0.3 is 0 Å². The molecular formula is C17H16N2O5. The van der Waals surface area contributed by atoms with Gasteiger partial charge in [-0.3, -0.25) is 4.79 Å². The summed E-state index contributed by atoms with van der Waals surface area (Å²) >= 11 is 0. The largest absolute Gasteiger partial charge is 0.497 e. The monoisotopic (exact) mass is 328 g/mol. The number of benzene rings is 1. The van der Waals surface area contributed by atoms with Crippen molar-refractivity contribution in [3.63, 3.8) is 0 Å². The molecule has 1 aromatic carbocycles. The lowest BCUT2D eigenvalue weighted by molar-refractivity contribution is 0.102. The van der Waals surface area contributed by atoms with Crippen molar-refractivity contribution in [1.29, 1.82) is 0 Å². The number of oxazole rings is 1. The summed E-state index contributed by atoms with van der Waals surface area (Å²) in [5, 5.41) is 2.75. The first-order valence-corrected chi connectivity index (χ1v) is 7.15. The van der Waals surface area contributed by atoms with Gasteiger partial charge in [0.05, 0.1) is 14.2 Å². The van der Waals surface area contributed by atoms with Crippen LogP contribution >= 0.6 is 0 Å². The number of aromatic nitrogens is 1. The Bertz CT molecular complexity index is 843. The Hall–Kier alpha value is -3.22. The van der Waals surface area contributed by atoms with Crippen molar-refractivity contribution in [1.82, 2.24) is 4.98 Å². The third kappa shape index (κ3) is 3.10. The van der Waals surface area contributed by atoms with E-state index in [2.05, 4.69) is 10.3 Å². The van der Waals surface area contributed by atoms with Gasteiger partial charge in [-0.15, -0.1) is 0 Å². The van der Waals surface area contributed by atoms with Gasteiger partial charge in [-0.05, 0) is 19.1 Å². The molecule has 0 radical (unpaired) electrons. The number of nitrogens with zero attached hydrogens (tertiary/aromatic N) is 1. The molecule has 7 nitrogen and oxygen atoms in total. The maximum Gasteiger partial charge on any atom is 0.278 e. The lowest BCUT2D eigenvalue weighted by Crippen LogP contribution is -2.13. The highest BCUT2D eigenvalue weighted by Gasteiger charge is 2.21. The summed E-state index contributed by atoms with van der Waals surface area (Å²) in [7, 11) is 3.07. The fourth-order valence-corrected chi connectivity index (χ4v) is 2.21. The number of ether oxygens (including phenoxy) is 2. The zero-order valence-electron chi connectivity index (χ0n) is 13.5. The molecule has 0 fully saturated rings. The molecule has 0 atom stereocenters. The Labute approximate surface area is 138 Å². The molecule has 0 aliphatic rings. The van der Waals surface area contributed by atoms with Gasteiger partial charge in [0.2, 0.25) is 5.76 Å². The second-order valence-corrected chi connectivity index (χ2v) is 5.00. The number of aryl methyl sites for hydroxylation is 1. The molecule has 0 bridgehead atoms. The minimum Gasteiger partial charge on any atom is -0.497 e. The van der Waals surface area contributed by atoms with Gasteiger partial charge in [-0.2, -0.15) is 0 Å². The Balaban J connectivity index is 1.88. The second kappa shape index (κ2) is 6.49. The van der Waals surface area contributed by atoms with Crippen LogP contribution in [0.25, 0.3) is 11.5 Å². The fourth-order valence-electron chi connectivity index (χ4n) is 2.21. The number of methoxy groups -OCH3 is 2. The predicted molar refractivity (Wildman–Crippen MR) is 86.4 cm³/mol. The average Bonchev–Trinajstić information content (AvgIpc) is 3.22. The molecule has 2 heterocycles. The summed E-state index contributed by atoms with van der Waals surface area (Å²) in [4.78, 5) is 16.5. The van der Waals surface area contributed by atoms with E-state index in [1.54, 1.807) is 30.3 Å². The lowest BCUT2D eigenvalue weighted by atomic mass is 10.2. The molecule has 0 saturated carbocycles. The van der Waals surface area contributed by atoms with Crippen LogP contribution in [-0.2, 0) is 0 Å². The summed E-state index contributed by atoms with van der Waals surface area (Å²) in [5.41, 5.74) is 0.645. The number of carbonyl (C=O) groups excluding carboxylic acids is 1. The van der Waals surface area contributed by atoms with Crippen molar-refractivity contribution in [3.05, 3.63) is 48.2 Å². The number of hydrogen-bond acceptors (Lipinski definition) is 6. The van der Waals surface area contributed by atoms with Crippen LogP contribution in [0.1, 0.15) is 16.2 Å². The molecule has 0 saturated heterocycles. The van der Waals surface area contributed by atoms with Crippen molar-refractivity contribution in [2.45, 2.75) is 6.92 Å². The molecule has 24 heavy (non-hydrogen) atoms. The van der Waals surface area contributed by atoms with Crippen LogP contribution in [0.3, 0.4) is 0 Å². The maximum absolute atomic E-state index is 12.5. The highest BCUT2D eigenvalue weighted by molar-refractivity contribution is 6.06. The zero-order valence-corrected chi connectivity index (χ0v) is 13.5. The fraction of sp³-hybridized carbons (Fsp3) is 0.176. The van der Waals surface area contributed by atoms with Gasteiger partial charge in [-0.25, -0.2) is 4.98 Å². The minimum absolute atomic E-state index is 0.131. The number of amides is 1. The number of anilines is 1. The van der Waals surface area contributed by atoms with E-state index in [9.17, 15) is 4.79 Å². The van der Waals surface area contributed by atoms with Gasteiger partial charge in [0.1, 0.15) is 17.3 Å². The molecular weight excluding hydrogens is 312 g/mol. The second-order valence-electron chi connectivity index (χ2n) is 5.00. The Morgan fingerprint density at radius 1 is 1.12 bits per heavy atom. The van der Waals surface area contributed by atoms with Crippen molar-refractivity contribution in [2.24, 2.45) is 0 Å². The van der Waals surface area contributed by atoms with Gasteiger partial charge in [0.25, 0.3) is 5.91 Å². The minimum atomic E-state index is -0.428. The number of nitrogens with one attached hydrogen (secondary N) is 1. The molecule has 0 spiro atoms. The van der Waals surface area contributed by atoms with Gasteiger partial charge in [0.15, 0.2) is 17.8 Å². The smallest absolute Gasteiger partial charge is 0.278 e. The van der Waals surface area contributed by atoms with Crippen molar-refractivity contribution in [3.8, 4) is 23.0 Å². The third-order valence-corrected chi connectivity index (χ3v) is 3.36. The van der Waals surface area contributed by atoms with Crippen LogP contribution in [0.2, 0.25) is 0 Å². The van der Waals surface area contributed by atoms with Crippen molar-refractivity contribution in [2.75, 3.05) is 19.5 Å². The maximum atomic E-state index is 12.5. The number of rotatable bonds is 5. The predicted octanol–water partition coefficient (Wildman–Crippen LogP) is 3.51. The number of hydrogen-bond donors (Lipinski definition) is 1. The van der Waals surface area contributed by atoms with E-state index in [-0.39, 0.29) is 11.5 Å². The van der Waals surface area contributed by atoms with Gasteiger partial charge < -0.3 is 23.6 Å². The first-order valence-electron chi connectivity index (χ1n) is 7.15. The van der Waals surface area contributed by atoms with E-state index in [0.29, 0.717) is 28.7 Å². The Kier molecular flexibility index (Phi) is 4.24. The van der Waals surface area contributed by atoms with Crippen LogP contribution in [0.15, 0.2) is 45.6 Å². The zero-order chi connectivity index (χ0) is 17.1. The topological polar surface area (TPSA) is 86.7 Å². The average molecular weight is 328 g/mol. The summed E-state index contributed by atoms with van der Waals surface area (Å²) < 4.78 is 21.2. The first kappa shape index (κ1) is 15.7. The Morgan fingerprint density at radius 2 is 1.83 bits per heavy atom. The van der Waals surface area contributed by atoms with E-state index in [4.69, 9.17) is 18.3 Å². The SMILES string of the molecule is COc1cc(NC(=O)c2ncoc2-c2ccc(C)o2)cc(OC)c1. The van der Waals surface area contributed by atoms with E-state index in [1.165, 1.54) is 20.6 Å². The number of carbonyl (C=O) groups is 1. The van der Waals surface area contributed by atoms with Crippen LogP contribution in [-0.4, -0.2) is 25.1 Å². The summed E-state index contributed by atoms with van der Waals surface area (Å²) in [6.45, 7) is 1.81. The molecule has 0 unspecified atom stereocenters. The molecule has 1 amide bonds. The van der Waals surface area contributed by atoms with E-state index < -0.39 is 5.91 Å². The molecule has 2 aromatic heterocycles. The highest BCUT2D eigenvalue weighted by atomic mass is 16.5. The van der Waals surface area contributed by atoms with Crippen LogP contribution in [0.4, 0.5) is 5.69 Å². The summed E-state index contributed by atoms with van der Waals surface area (Å²) in [6, 6.07) is 8.57. The van der Waals surface area contributed by atoms with Gasteiger partial charge in [-0.1, -0.05) is 0 Å². The van der Waals surface area contributed by atoms with Crippen molar-refractivity contribution < 1.29 is 23.1 Å². The molecule has 7 heteroatoms. The van der Waals surface area contributed by atoms with Gasteiger partial charge in [0, 0.05) is 23.9 Å². The van der Waals surface area contributed by atoms with Crippen LogP contribution < -0.4 is 14.8 Å². The van der Waals surface area contributed by atoms with E-state index in [0.717, 1.165) is 0 Å². The van der Waals surface area contributed by atoms with Crippen LogP contribution in [0.5, 0.6) is 11.5 Å². The quantitative estimate of drug-likeness (QED) is 0.771. The van der Waals surface area contributed by atoms with Crippen LogP contribution in [0, 0.1) is 6.92 Å². The van der Waals surface area contributed by atoms with Crippen molar-refractivity contribution >= 4 is 11.6 Å². The summed E-state index contributed by atoms with van der Waals surface area (Å²) in [6.07, 6.45) is 1.20. The van der Waals surface area contributed by atoms with E-state index in [1.807, 2.05) is 6.92 Å². The first-order chi connectivity index (χ1) is 11.6. The lowest BCUT2D eigenvalue weighted by Gasteiger charge is -2.09. The standard InChI is InChI=1S/C17H16N2O5/c1-10-4-5-14(24-10)16-15(18-9-23-16)17(20)19-11-6-12(21-2)8-13(7-11)22-3/h4-9H,1-3H3,(H,19,20). The molecule has 0 aliphatic heterocycles. The normalized spacial score (nSPS) is 10.5. The third-order valence-electron chi connectivity index (χ3n) is 3.36. The molecule has 3 aromatic rings. The molecule has 3 rings (SSSR count). The highest BCUT2D eigenvalue weighted by Crippen LogP contribution is 2.28.